The van der Waals surface area contributed by atoms with E-state index < -0.39 is 0 Å². The summed E-state index contributed by atoms with van der Waals surface area (Å²) in [6.07, 6.45) is 1.41. The standard InChI is InChI=1S/C21H21N3O3/c1-2-19(25)23-17-10-8-16(9-11-17)21(27)24-13-12-22-20(26)14-18(24)15-6-4-3-5-7-15/h2-11,18H,1,12-14H2,(H,22,26)(H,23,25). The molecule has 1 atom stereocenters. The number of nitrogens with zero attached hydrogens (tertiary/aromatic N) is 1. The largest absolute Gasteiger partial charge is 0.354 e. The first kappa shape index (κ1) is 18.4. The van der Waals surface area contributed by atoms with Crippen LogP contribution in [-0.4, -0.2) is 35.7 Å². The number of nitrogens with one attached hydrogen (secondary N) is 2. The molecule has 6 nitrogen and oxygen atoms in total. The van der Waals surface area contributed by atoms with Crippen LogP contribution in [-0.2, 0) is 9.59 Å². The van der Waals surface area contributed by atoms with Crippen molar-refractivity contribution in [1.29, 1.82) is 0 Å². The summed E-state index contributed by atoms with van der Waals surface area (Å²) in [6.45, 7) is 4.26. The Kier molecular flexibility index (Phi) is 5.66. The van der Waals surface area contributed by atoms with Gasteiger partial charge in [0.15, 0.2) is 0 Å². The van der Waals surface area contributed by atoms with E-state index in [1.165, 1.54) is 6.08 Å². The maximum absolute atomic E-state index is 13.1. The molecule has 1 aliphatic heterocycles. The van der Waals surface area contributed by atoms with E-state index in [9.17, 15) is 14.4 Å². The topological polar surface area (TPSA) is 78.5 Å². The quantitative estimate of drug-likeness (QED) is 0.820. The van der Waals surface area contributed by atoms with Gasteiger partial charge in [-0.05, 0) is 35.9 Å². The minimum Gasteiger partial charge on any atom is -0.354 e. The van der Waals surface area contributed by atoms with Crippen molar-refractivity contribution in [3.8, 4) is 0 Å². The fraction of sp³-hybridized carbons (Fsp3) is 0.190. The molecule has 0 saturated carbocycles. The van der Waals surface area contributed by atoms with E-state index in [-0.39, 0.29) is 30.2 Å². The number of amides is 3. The van der Waals surface area contributed by atoms with Crippen molar-refractivity contribution in [3.63, 3.8) is 0 Å². The Labute approximate surface area is 157 Å². The van der Waals surface area contributed by atoms with Crippen LogP contribution in [0.3, 0.4) is 0 Å². The van der Waals surface area contributed by atoms with Crippen LogP contribution in [0.15, 0.2) is 67.3 Å². The van der Waals surface area contributed by atoms with Crippen molar-refractivity contribution < 1.29 is 14.4 Å². The Morgan fingerprint density at radius 1 is 1.11 bits per heavy atom. The van der Waals surface area contributed by atoms with Crippen LogP contribution in [0.5, 0.6) is 0 Å². The Balaban J connectivity index is 1.85. The van der Waals surface area contributed by atoms with E-state index in [0.717, 1.165) is 5.56 Å². The third-order valence-corrected chi connectivity index (χ3v) is 4.46. The molecule has 1 fully saturated rings. The molecule has 3 amide bonds. The highest BCUT2D eigenvalue weighted by molar-refractivity contribution is 6.00. The van der Waals surface area contributed by atoms with Crippen LogP contribution in [0.4, 0.5) is 5.69 Å². The summed E-state index contributed by atoms with van der Waals surface area (Å²) < 4.78 is 0. The lowest BCUT2D eigenvalue weighted by Gasteiger charge is -2.29. The van der Waals surface area contributed by atoms with Crippen LogP contribution in [0.2, 0.25) is 0 Å². The van der Waals surface area contributed by atoms with Crippen LogP contribution < -0.4 is 10.6 Å². The Morgan fingerprint density at radius 3 is 2.48 bits per heavy atom. The summed E-state index contributed by atoms with van der Waals surface area (Å²) >= 11 is 0. The first-order chi connectivity index (χ1) is 13.1. The maximum Gasteiger partial charge on any atom is 0.254 e. The van der Waals surface area contributed by atoms with Gasteiger partial charge in [0.05, 0.1) is 12.5 Å². The van der Waals surface area contributed by atoms with Gasteiger partial charge in [-0.2, -0.15) is 0 Å². The molecule has 0 spiro atoms. The van der Waals surface area contributed by atoms with Crippen LogP contribution in [0, 0.1) is 0 Å². The highest BCUT2D eigenvalue weighted by Crippen LogP contribution is 2.27. The van der Waals surface area contributed by atoms with Gasteiger partial charge < -0.3 is 15.5 Å². The van der Waals surface area contributed by atoms with Crippen LogP contribution in [0.1, 0.15) is 28.4 Å². The van der Waals surface area contributed by atoms with Gasteiger partial charge in [0.2, 0.25) is 11.8 Å². The third kappa shape index (κ3) is 4.41. The molecule has 3 rings (SSSR count). The number of hydrogen-bond acceptors (Lipinski definition) is 3. The second kappa shape index (κ2) is 8.31. The molecule has 1 unspecified atom stereocenters. The van der Waals surface area contributed by atoms with E-state index in [1.807, 2.05) is 30.3 Å². The van der Waals surface area contributed by atoms with Crippen LogP contribution in [0.25, 0.3) is 0 Å². The average Bonchev–Trinajstić information content (AvgIpc) is 2.90. The smallest absolute Gasteiger partial charge is 0.254 e. The fourth-order valence-corrected chi connectivity index (χ4v) is 3.10. The zero-order valence-corrected chi connectivity index (χ0v) is 14.9. The summed E-state index contributed by atoms with van der Waals surface area (Å²) in [6, 6.07) is 15.9. The van der Waals surface area contributed by atoms with Gasteiger partial charge in [0, 0.05) is 24.3 Å². The number of benzene rings is 2. The van der Waals surface area contributed by atoms with Crippen molar-refractivity contribution >= 4 is 23.4 Å². The van der Waals surface area contributed by atoms with Gasteiger partial charge in [0.25, 0.3) is 5.91 Å². The number of anilines is 1. The fourth-order valence-electron chi connectivity index (χ4n) is 3.10. The first-order valence-electron chi connectivity index (χ1n) is 8.74. The SMILES string of the molecule is C=CC(=O)Nc1ccc(C(=O)N2CCNC(=O)CC2c2ccccc2)cc1. The summed E-state index contributed by atoms with van der Waals surface area (Å²) in [7, 11) is 0. The predicted octanol–water partition coefficient (Wildman–Crippen LogP) is 2.51. The minimum absolute atomic E-state index is 0.0679. The molecule has 0 aromatic heterocycles. The number of hydrogen-bond donors (Lipinski definition) is 2. The number of carbonyl (C=O) groups excluding carboxylic acids is 3. The van der Waals surface area contributed by atoms with Gasteiger partial charge >= 0.3 is 0 Å². The Morgan fingerprint density at radius 2 is 1.81 bits per heavy atom. The van der Waals surface area contributed by atoms with Gasteiger partial charge in [0.1, 0.15) is 0 Å². The summed E-state index contributed by atoms with van der Waals surface area (Å²) in [4.78, 5) is 38.3. The monoisotopic (exact) mass is 363 g/mol. The van der Waals surface area contributed by atoms with Crippen LogP contribution >= 0.6 is 0 Å². The molecule has 0 aliphatic carbocycles. The highest BCUT2D eigenvalue weighted by Gasteiger charge is 2.30. The maximum atomic E-state index is 13.1. The van der Waals surface area contributed by atoms with Crippen molar-refractivity contribution in [2.24, 2.45) is 0 Å². The molecule has 0 bridgehead atoms. The molecule has 2 aromatic rings. The minimum atomic E-state index is -0.318. The summed E-state index contributed by atoms with van der Waals surface area (Å²) in [5.74, 6) is -0.529. The highest BCUT2D eigenvalue weighted by atomic mass is 16.2. The molecule has 1 aliphatic rings. The van der Waals surface area contributed by atoms with E-state index in [4.69, 9.17) is 0 Å². The molecule has 0 radical (unpaired) electrons. The van der Waals surface area contributed by atoms with Crippen molar-refractivity contribution in [2.45, 2.75) is 12.5 Å². The normalized spacial score (nSPS) is 16.8. The van der Waals surface area contributed by atoms with Gasteiger partial charge in [-0.1, -0.05) is 36.9 Å². The van der Waals surface area contributed by atoms with Crippen molar-refractivity contribution in [1.82, 2.24) is 10.2 Å². The second-order valence-electron chi connectivity index (χ2n) is 6.25. The van der Waals surface area contributed by atoms with E-state index in [2.05, 4.69) is 17.2 Å². The zero-order valence-electron chi connectivity index (χ0n) is 14.9. The lowest BCUT2D eigenvalue weighted by atomic mass is 10.0. The Bertz CT molecular complexity index is 847. The number of rotatable bonds is 4. The molecule has 1 heterocycles. The van der Waals surface area contributed by atoms with Gasteiger partial charge in [-0.15, -0.1) is 0 Å². The van der Waals surface area contributed by atoms with Gasteiger partial charge in [-0.3, -0.25) is 14.4 Å². The molecule has 1 saturated heterocycles. The lowest BCUT2D eigenvalue weighted by Crippen LogP contribution is -2.36. The summed E-state index contributed by atoms with van der Waals surface area (Å²) in [5, 5.41) is 5.48. The molecular weight excluding hydrogens is 342 g/mol. The van der Waals surface area contributed by atoms with E-state index in [0.29, 0.717) is 24.3 Å². The second-order valence-corrected chi connectivity index (χ2v) is 6.25. The van der Waals surface area contributed by atoms with Gasteiger partial charge in [-0.25, -0.2) is 0 Å². The first-order valence-corrected chi connectivity index (χ1v) is 8.74. The lowest BCUT2D eigenvalue weighted by molar-refractivity contribution is -0.121. The van der Waals surface area contributed by atoms with Crippen molar-refractivity contribution in [2.75, 3.05) is 18.4 Å². The molecule has 2 N–H and O–H groups in total. The zero-order chi connectivity index (χ0) is 19.2. The average molecular weight is 363 g/mol. The molecular formula is C21H21N3O3. The molecule has 138 valence electrons. The molecule has 2 aromatic carbocycles. The molecule has 27 heavy (non-hydrogen) atoms. The van der Waals surface area contributed by atoms with E-state index >= 15 is 0 Å². The number of carbonyl (C=O) groups is 3. The van der Waals surface area contributed by atoms with Crippen molar-refractivity contribution in [3.05, 3.63) is 78.4 Å². The summed E-state index contributed by atoms with van der Waals surface area (Å²) in [5.41, 5.74) is 2.02. The molecule has 6 heteroatoms. The predicted molar refractivity (Wildman–Crippen MR) is 103 cm³/mol. The Hall–Kier alpha value is -3.41. The van der Waals surface area contributed by atoms with E-state index in [1.54, 1.807) is 29.2 Å². The third-order valence-electron chi connectivity index (χ3n) is 4.46.